The van der Waals surface area contributed by atoms with Crippen molar-refractivity contribution in [1.29, 1.82) is 0 Å². The van der Waals surface area contributed by atoms with Gasteiger partial charge < -0.3 is 34.7 Å². The number of likely N-dealkylation sites (N-methyl/N-ethyl adjacent to an activating group) is 1. The highest BCUT2D eigenvalue weighted by Gasteiger charge is 2.35. The van der Waals surface area contributed by atoms with Gasteiger partial charge in [-0.3, -0.25) is 9.05 Å². The number of guanidine groups is 1. The van der Waals surface area contributed by atoms with Crippen molar-refractivity contribution in [3.05, 3.63) is 0 Å². The molecule has 0 spiro atoms. The molecule has 39 heavy (non-hydrogen) atoms. The van der Waals surface area contributed by atoms with E-state index < -0.39 is 32.1 Å². The van der Waals surface area contributed by atoms with E-state index in [0.717, 1.165) is 32.1 Å². The number of nitrogens with zero attached hydrogens (tertiary/aromatic N) is 2. The molecule has 0 saturated heterocycles. The topological polar surface area (TPSA) is 186 Å². The average molecular weight is 582 g/mol. The van der Waals surface area contributed by atoms with E-state index in [2.05, 4.69) is 14.2 Å². The summed E-state index contributed by atoms with van der Waals surface area (Å²) in [5.41, 5.74) is 6.11. The fourth-order valence-corrected chi connectivity index (χ4v) is 5.27. The van der Waals surface area contributed by atoms with Crippen LogP contribution in [0.1, 0.15) is 71.6 Å². The van der Waals surface area contributed by atoms with Crippen LogP contribution >= 0.6 is 7.75 Å². The van der Waals surface area contributed by atoms with Crippen LogP contribution in [0.25, 0.3) is 0 Å². The van der Waals surface area contributed by atoms with E-state index in [1.807, 2.05) is 0 Å². The molecule has 3 N–H and O–H groups in total. The number of hydrogen-bond donors (Lipinski definition) is 2. The summed E-state index contributed by atoms with van der Waals surface area (Å²) in [6.07, 6.45) is 4.43. The molecule has 1 aliphatic carbocycles. The zero-order valence-corrected chi connectivity index (χ0v) is 24.1. The van der Waals surface area contributed by atoms with E-state index in [0.29, 0.717) is 25.7 Å². The molecule has 1 atom stereocenters. The second kappa shape index (κ2) is 19.5. The summed E-state index contributed by atoms with van der Waals surface area (Å²) in [5, 5.41) is 9.86. The number of carboxylic acid groups (broad SMARTS) is 1. The summed E-state index contributed by atoms with van der Waals surface area (Å²) in [7, 11) is -2.64. The number of nitrogens with two attached hydrogens (primary N) is 1. The van der Waals surface area contributed by atoms with Crippen LogP contribution in [0.5, 0.6) is 0 Å². The van der Waals surface area contributed by atoms with E-state index in [9.17, 15) is 24.1 Å². The zero-order chi connectivity index (χ0) is 29.1. The van der Waals surface area contributed by atoms with Gasteiger partial charge in [0.05, 0.1) is 39.6 Å². The number of ether oxygens (including phenoxy) is 4. The molecule has 1 aliphatic rings. The van der Waals surface area contributed by atoms with E-state index in [1.54, 1.807) is 13.8 Å². The third-order valence-corrected chi connectivity index (χ3v) is 7.37. The molecule has 1 unspecified atom stereocenters. The number of carbonyl (C=O) groups is 3. The monoisotopic (exact) mass is 581 g/mol. The summed E-state index contributed by atoms with van der Waals surface area (Å²) < 4.78 is 47.5. The van der Waals surface area contributed by atoms with Crippen LogP contribution in [0.4, 0.5) is 9.59 Å². The Kier molecular flexibility index (Phi) is 17.2. The first-order valence-corrected chi connectivity index (χ1v) is 14.9. The molecule has 0 bridgehead atoms. The first-order valence-electron chi connectivity index (χ1n) is 13.4. The summed E-state index contributed by atoms with van der Waals surface area (Å²) in [5.74, 6) is -1.43. The van der Waals surface area contributed by atoms with Gasteiger partial charge >= 0.3 is 26.0 Å². The minimum absolute atomic E-state index is 0.0408. The molecule has 0 amide bonds. The van der Waals surface area contributed by atoms with Crippen LogP contribution in [0.2, 0.25) is 0 Å². The van der Waals surface area contributed by atoms with E-state index in [4.69, 9.17) is 24.3 Å². The molecule has 1 fully saturated rings. The number of rotatable bonds is 18. The molecule has 0 aliphatic heterocycles. The van der Waals surface area contributed by atoms with Crippen LogP contribution in [-0.2, 0) is 37.4 Å². The van der Waals surface area contributed by atoms with E-state index in [-0.39, 0.29) is 51.5 Å². The lowest BCUT2D eigenvalue weighted by Crippen LogP contribution is -2.50. The molecular formula is C24H44N3O11P. The maximum Gasteiger partial charge on any atom is 0.508 e. The van der Waals surface area contributed by atoms with Crippen LogP contribution in [0, 0.1) is 5.92 Å². The molecule has 226 valence electrons. The molecule has 0 radical (unpaired) electrons. The SMILES string of the molecule is CCOC(=O)OCCCCOP(=O)(N=C(N)N(C)C(C(=O)O)C1CCCCC1)OCCCCOC(=O)OCC. The first kappa shape index (κ1) is 34.5. The van der Waals surface area contributed by atoms with Crippen molar-refractivity contribution in [3.63, 3.8) is 0 Å². The quantitative estimate of drug-likeness (QED) is 0.0767. The minimum atomic E-state index is -4.13. The molecule has 14 nitrogen and oxygen atoms in total. The summed E-state index contributed by atoms with van der Waals surface area (Å²) >= 11 is 0. The Bertz CT molecular complexity index is 787. The molecule has 0 aromatic rings. The zero-order valence-electron chi connectivity index (χ0n) is 23.2. The predicted octanol–water partition coefficient (Wildman–Crippen LogP) is 4.31. The number of carbonyl (C=O) groups excluding carboxylic acids is 2. The van der Waals surface area contributed by atoms with Crippen molar-refractivity contribution in [2.24, 2.45) is 16.4 Å². The Morgan fingerprint density at radius 2 is 1.33 bits per heavy atom. The van der Waals surface area contributed by atoms with Crippen molar-refractivity contribution >= 4 is 32.0 Å². The third kappa shape index (κ3) is 14.4. The van der Waals surface area contributed by atoms with E-state index in [1.165, 1.54) is 11.9 Å². The highest BCUT2D eigenvalue weighted by molar-refractivity contribution is 7.52. The van der Waals surface area contributed by atoms with Crippen molar-refractivity contribution < 1.29 is 52.1 Å². The molecule has 0 heterocycles. The number of carboxylic acids is 1. The maximum atomic E-state index is 13.5. The van der Waals surface area contributed by atoms with Gasteiger partial charge in [0.15, 0.2) is 0 Å². The normalized spacial score (nSPS) is 15.3. The van der Waals surface area contributed by atoms with Gasteiger partial charge in [-0.2, -0.15) is 0 Å². The largest absolute Gasteiger partial charge is 0.508 e. The van der Waals surface area contributed by atoms with E-state index >= 15 is 0 Å². The molecule has 0 aromatic heterocycles. The maximum absolute atomic E-state index is 13.5. The van der Waals surface area contributed by atoms with Crippen LogP contribution in [0.15, 0.2) is 4.76 Å². The Hall–Kier alpha value is -2.57. The predicted molar refractivity (Wildman–Crippen MR) is 141 cm³/mol. The smallest absolute Gasteiger partial charge is 0.480 e. The number of hydrogen-bond acceptors (Lipinski definition) is 10. The summed E-state index contributed by atoms with van der Waals surface area (Å²) in [6, 6.07) is -0.928. The fourth-order valence-electron chi connectivity index (χ4n) is 3.97. The average Bonchev–Trinajstić information content (AvgIpc) is 2.89. The Morgan fingerprint density at radius 1 is 0.872 bits per heavy atom. The Morgan fingerprint density at radius 3 is 1.77 bits per heavy atom. The minimum Gasteiger partial charge on any atom is -0.480 e. The van der Waals surface area contributed by atoms with Gasteiger partial charge in [0.25, 0.3) is 0 Å². The Labute approximate surface area is 230 Å². The summed E-state index contributed by atoms with van der Waals surface area (Å²) in [4.78, 5) is 35.9. The standard InChI is InChI=1S/C24H44N3O11P/c1-4-33-23(30)35-15-9-11-17-37-39(32,38-18-12-10-16-36-24(31)34-5-2)26-22(25)27(3)20(21(28)29)19-13-7-6-8-14-19/h19-20H,4-18H2,1-3H3,(H,28,29)(H2,25,26,32). The molecule has 0 aromatic carbocycles. The lowest BCUT2D eigenvalue weighted by Gasteiger charge is -2.34. The van der Waals surface area contributed by atoms with Crippen molar-refractivity contribution in [3.8, 4) is 0 Å². The van der Waals surface area contributed by atoms with Gasteiger partial charge in [0, 0.05) is 7.05 Å². The second-order valence-electron chi connectivity index (χ2n) is 8.86. The molecule has 1 saturated carbocycles. The van der Waals surface area contributed by atoms with Gasteiger partial charge in [-0.15, -0.1) is 4.76 Å². The second-order valence-corrected chi connectivity index (χ2v) is 10.5. The van der Waals surface area contributed by atoms with Crippen molar-refractivity contribution in [2.75, 3.05) is 46.7 Å². The number of unbranched alkanes of at least 4 members (excludes halogenated alkanes) is 2. The summed E-state index contributed by atoms with van der Waals surface area (Å²) in [6.45, 7) is 3.83. The number of aliphatic carboxylic acids is 1. The van der Waals surface area contributed by atoms with Gasteiger partial charge in [0.2, 0.25) is 5.96 Å². The van der Waals surface area contributed by atoms with Gasteiger partial charge in [-0.25, -0.2) is 18.9 Å². The van der Waals surface area contributed by atoms with Crippen LogP contribution in [0.3, 0.4) is 0 Å². The molecular weight excluding hydrogens is 537 g/mol. The highest BCUT2D eigenvalue weighted by Crippen LogP contribution is 2.50. The van der Waals surface area contributed by atoms with Crippen molar-refractivity contribution in [2.45, 2.75) is 77.7 Å². The van der Waals surface area contributed by atoms with Crippen LogP contribution < -0.4 is 5.73 Å². The van der Waals surface area contributed by atoms with Crippen molar-refractivity contribution in [1.82, 2.24) is 4.90 Å². The lowest BCUT2D eigenvalue weighted by atomic mass is 9.83. The fraction of sp³-hybridized carbons (Fsp3) is 0.833. The lowest BCUT2D eigenvalue weighted by molar-refractivity contribution is -0.143. The third-order valence-electron chi connectivity index (χ3n) is 5.90. The van der Waals surface area contributed by atoms with Gasteiger partial charge in [-0.1, -0.05) is 19.3 Å². The van der Waals surface area contributed by atoms with Gasteiger partial charge in [-0.05, 0) is 58.3 Å². The Balaban J connectivity index is 2.77. The van der Waals surface area contributed by atoms with Gasteiger partial charge in [0.1, 0.15) is 6.04 Å². The van der Waals surface area contributed by atoms with Crippen LogP contribution in [-0.4, -0.2) is 87.0 Å². The molecule has 1 rings (SSSR count). The molecule has 15 heteroatoms. The highest BCUT2D eigenvalue weighted by atomic mass is 31.2. The first-order chi connectivity index (χ1) is 18.6.